The molecule has 2 N–H and O–H groups in total. The third kappa shape index (κ3) is 3.49. The van der Waals surface area contributed by atoms with Gasteiger partial charge in [0.05, 0.1) is 25.3 Å². The topological polar surface area (TPSA) is 82.3 Å². The number of hydrogen-bond acceptors (Lipinski definition) is 4. The Morgan fingerprint density at radius 1 is 1.32 bits per heavy atom. The highest BCUT2D eigenvalue weighted by Gasteiger charge is 2.34. The fourth-order valence-corrected chi connectivity index (χ4v) is 3.27. The van der Waals surface area contributed by atoms with Crippen molar-refractivity contribution >= 4 is 5.91 Å². The van der Waals surface area contributed by atoms with Gasteiger partial charge in [-0.3, -0.25) is 4.79 Å². The largest absolute Gasteiger partial charge is 0.497 e. The van der Waals surface area contributed by atoms with Crippen LogP contribution in [0.1, 0.15) is 39.9 Å². The molecule has 1 aliphatic rings. The number of fused-ring (bicyclic) bond motifs is 1. The van der Waals surface area contributed by atoms with E-state index in [1.807, 2.05) is 24.3 Å². The van der Waals surface area contributed by atoms with Crippen LogP contribution >= 0.6 is 0 Å². The SMILES string of the molecule is COc1ccc2c(c1)CCCC2(O)CNC(=O)c1ccc(C#N)cc1. The van der Waals surface area contributed by atoms with Crippen LogP contribution in [0.25, 0.3) is 0 Å². The zero-order valence-electron chi connectivity index (χ0n) is 14.1. The molecule has 1 unspecified atom stereocenters. The summed E-state index contributed by atoms with van der Waals surface area (Å²) in [5, 5.41) is 22.7. The first kappa shape index (κ1) is 17.0. The van der Waals surface area contributed by atoms with Crippen molar-refractivity contribution in [3.63, 3.8) is 0 Å². The van der Waals surface area contributed by atoms with E-state index in [0.717, 1.165) is 29.7 Å². The van der Waals surface area contributed by atoms with Crippen molar-refractivity contribution in [2.24, 2.45) is 0 Å². The molecule has 0 aromatic heterocycles. The van der Waals surface area contributed by atoms with Crippen molar-refractivity contribution in [2.45, 2.75) is 24.9 Å². The lowest BCUT2D eigenvalue weighted by Gasteiger charge is -2.35. The van der Waals surface area contributed by atoms with Crippen LogP contribution in [-0.4, -0.2) is 24.7 Å². The number of nitrogens with one attached hydrogen (secondary N) is 1. The Hall–Kier alpha value is -2.84. The van der Waals surface area contributed by atoms with E-state index in [2.05, 4.69) is 5.32 Å². The van der Waals surface area contributed by atoms with Crippen LogP contribution in [0, 0.1) is 11.3 Å². The molecule has 0 bridgehead atoms. The summed E-state index contributed by atoms with van der Waals surface area (Å²) < 4.78 is 5.25. The lowest BCUT2D eigenvalue weighted by Crippen LogP contribution is -2.43. The Labute approximate surface area is 146 Å². The standard InChI is InChI=1S/C20H20N2O3/c1-25-17-8-9-18-16(11-17)3-2-10-20(18,24)13-22-19(23)15-6-4-14(12-21)5-7-15/h4-9,11,24H,2-3,10,13H2,1H3,(H,22,23). The maximum Gasteiger partial charge on any atom is 0.251 e. The summed E-state index contributed by atoms with van der Waals surface area (Å²) in [6.45, 7) is 0.144. The predicted molar refractivity (Wildman–Crippen MR) is 93.3 cm³/mol. The van der Waals surface area contributed by atoms with E-state index in [0.29, 0.717) is 17.5 Å². The molecule has 25 heavy (non-hydrogen) atoms. The Balaban J connectivity index is 1.74. The molecule has 5 nitrogen and oxygen atoms in total. The molecule has 128 valence electrons. The van der Waals surface area contributed by atoms with Crippen molar-refractivity contribution in [2.75, 3.05) is 13.7 Å². The Morgan fingerprint density at radius 3 is 2.76 bits per heavy atom. The second-order valence-corrected chi connectivity index (χ2v) is 6.28. The van der Waals surface area contributed by atoms with E-state index in [1.54, 1.807) is 31.4 Å². The number of rotatable bonds is 4. The van der Waals surface area contributed by atoms with E-state index in [-0.39, 0.29) is 12.5 Å². The van der Waals surface area contributed by atoms with Crippen molar-refractivity contribution in [3.05, 3.63) is 64.7 Å². The second kappa shape index (κ2) is 6.96. The summed E-state index contributed by atoms with van der Waals surface area (Å²) in [5.74, 6) is 0.503. The first-order chi connectivity index (χ1) is 12.1. The van der Waals surface area contributed by atoms with Gasteiger partial charge in [0.1, 0.15) is 11.4 Å². The average Bonchev–Trinajstić information content (AvgIpc) is 2.66. The number of nitriles is 1. The maximum absolute atomic E-state index is 12.3. The molecule has 0 heterocycles. The van der Waals surface area contributed by atoms with Crippen molar-refractivity contribution < 1.29 is 14.6 Å². The third-order valence-corrected chi connectivity index (χ3v) is 4.67. The summed E-state index contributed by atoms with van der Waals surface area (Å²) in [4.78, 5) is 12.3. The quantitative estimate of drug-likeness (QED) is 0.899. The average molecular weight is 336 g/mol. The van der Waals surface area contributed by atoms with Gasteiger partial charge >= 0.3 is 0 Å². The summed E-state index contributed by atoms with van der Waals surface area (Å²) in [7, 11) is 1.62. The molecule has 2 aromatic rings. The van der Waals surface area contributed by atoms with E-state index >= 15 is 0 Å². The molecule has 5 heteroatoms. The molecular weight excluding hydrogens is 316 g/mol. The minimum atomic E-state index is -1.08. The Morgan fingerprint density at radius 2 is 2.08 bits per heavy atom. The van der Waals surface area contributed by atoms with E-state index in [9.17, 15) is 9.90 Å². The van der Waals surface area contributed by atoms with Gasteiger partial charge in [0, 0.05) is 5.56 Å². The summed E-state index contributed by atoms with van der Waals surface area (Å²) in [6, 6.07) is 14.1. The second-order valence-electron chi connectivity index (χ2n) is 6.28. The molecule has 0 saturated carbocycles. The Bertz CT molecular complexity index is 824. The van der Waals surface area contributed by atoms with Crippen molar-refractivity contribution in [3.8, 4) is 11.8 Å². The smallest absolute Gasteiger partial charge is 0.251 e. The number of aliphatic hydroxyl groups is 1. The highest BCUT2D eigenvalue weighted by molar-refractivity contribution is 5.94. The summed E-state index contributed by atoms with van der Waals surface area (Å²) in [5.41, 5.74) is 1.79. The van der Waals surface area contributed by atoms with Gasteiger partial charge in [0.25, 0.3) is 5.91 Å². The molecule has 1 atom stereocenters. The number of carbonyl (C=O) groups excluding carboxylic acids is 1. The number of ether oxygens (including phenoxy) is 1. The van der Waals surface area contributed by atoms with Gasteiger partial charge in [-0.15, -0.1) is 0 Å². The zero-order chi connectivity index (χ0) is 17.9. The normalized spacial score (nSPS) is 18.8. The lowest BCUT2D eigenvalue weighted by molar-refractivity contribution is 0.0189. The third-order valence-electron chi connectivity index (χ3n) is 4.67. The molecule has 0 spiro atoms. The van der Waals surface area contributed by atoms with Crippen LogP contribution in [0.2, 0.25) is 0 Å². The first-order valence-electron chi connectivity index (χ1n) is 8.24. The van der Waals surface area contributed by atoms with Crippen LogP contribution in [0.4, 0.5) is 0 Å². The highest BCUT2D eigenvalue weighted by Crippen LogP contribution is 2.36. The number of nitrogens with zero attached hydrogens (tertiary/aromatic N) is 1. The maximum atomic E-state index is 12.3. The number of amides is 1. The predicted octanol–water partition coefficient (Wildman–Crippen LogP) is 2.52. The first-order valence-corrected chi connectivity index (χ1v) is 8.24. The van der Waals surface area contributed by atoms with E-state index < -0.39 is 5.60 Å². The fraction of sp³-hybridized carbons (Fsp3) is 0.300. The Kier molecular flexibility index (Phi) is 4.73. The number of hydrogen-bond donors (Lipinski definition) is 2. The molecule has 1 amide bonds. The van der Waals surface area contributed by atoms with Crippen molar-refractivity contribution in [1.82, 2.24) is 5.32 Å². The van der Waals surface area contributed by atoms with Crippen LogP contribution < -0.4 is 10.1 Å². The van der Waals surface area contributed by atoms with Gasteiger partial charge in [-0.05, 0) is 66.8 Å². The van der Waals surface area contributed by atoms with E-state index in [4.69, 9.17) is 10.00 Å². The van der Waals surface area contributed by atoms with Crippen LogP contribution in [-0.2, 0) is 12.0 Å². The minimum Gasteiger partial charge on any atom is -0.497 e. The number of aryl methyl sites for hydroxylation is 1. The molecule has 0 aliphatic heterocycles. The molecular formula is C20H20N2O3. The minimum absolute atomic E-state index is 0.144. The van der Waals surface area contributed by atoms with Crippen LogP contribution in [0.3, 0.4) is 0 Å². The van der Waals surface area contributed by atoms with Gasteiger partial charge < -0.3 is 15.2 Å². The van der Waals surface area contributed by atoms with Gasteiger partial charge in [-0.25, -0.2) is 0 Å². The van der Waals surface area contributed by atoms with Gasteiger partial charge in [-0.2, -0.15) is 5.26 Å². The van der Waals surface area contributed by atoms with Gasteiger partial charge in [-0.1, -0.05) is 6.07 Å². The molecule has 0 fully saturated rings. The highest BCUT2D eigenvalue weighted by atomic mass is 16.5. The van der Waals surface area contributed by atoms with Crippen molar-refractivity contribution in [1.29, 1.82) is 5.26 Å². The lowest BCUT2D eigenvalue weighted by atomic mass is 9.79. The van der Waals surface area contributed by atoms with Crippen LogP contribution in [0.5, 0.6) is 5.75 Å². The summed E-state index contributed by atoms with van der Waals surface area (Å²) >= 11 is 0. The monoisotopic (exact) mass is 336 g/mol. The number of methoxy groups -OCH3 is 1. The number of carbonyl (C=O) groups is 1. The molecule has 2 aromatic carbocycles. The molecule has 1 aliphatic carbocycles. The summed E-state index contributed by atoms with van der Waals surface area (Å²) in [6.07, 6.45) is 2.34. The van der Waals surface area contributed by atoms with Gasteiger partial charge in [0.15, 0.2) is 0 Å². The van der Waals surface area contributed by atoms with Gasteiger partial charge in [0.2, 0.25) is 0 Å². The number of benzene rings is 2. The molecule has 0 radical (unpaired) electrons. The van der Waals surface area contributed by atoms with E-state index in [1.165, 1.54) is 0 Å². The van der Waals surface area contributed by atoms with Crippen LogP contribution in [0.15, 0.2) is 42.5 Å². The zero-order valence-corrected chi connectivity index (χ0v) is 14.1. The molecule has 3 rings (SSSR count). The molecule has 0 saturated heterocycles. The fourth-order valence-electron chi connectivity index (χ4n) is 3.27.